The highest BCUT2D eigenvalue weighted by atomic mass is 79.9. The van der Waals surface area contributed by atoms with Crippen molar-refractivity contribution in [3.63, 3.8) is 0 Å². The molecule has 0 saturated carbocycles. The maximum absolute atomic E-state index is 13.0. The van der Waals surface area contributed by atoms with Gasteiger partial charge in [-0.3, -0.25) is 0 Å². The summed E-state index contributed by atoms with van der Waals surface area (Å²) in [7, 11) is 0. The Morgan fingerprint density at radius 1 is 1.06 bits per heavy atom. The number of amides is 1. The van der Waals surface area contributed by atoms with Crippen molar-refractivity contribution in [2.45, 2.75) is 59.3 Å². The number of esters is 1. The molecule has 0 fully saturated rings. The second-order valence-corrected chi connectivity index (χ2v) is 10.5. The fourth-order valence-corrected chi connectivity index (χ4v) is 3.80. The Hall–Kier alpha value is -3.13. The Bertz CT molecular complexity index is 1150. The standard InChI is InChI=1S/C27H31BrN2O5/c1-17(2)22(30-26(32)35-27(3,4)5)24-29-23(25(31)33-16-18-10-7-6-8-11-18)21(34-24)15-19-12-9-13-20(28)14-19/h6-14,17,22H,15-16H2,1-5H3,(H,30,32)/t22-/m0/s1. The van der Waals surface area contributed by atoms with E-state index in [1.165, 1.54) is 0 Å². The molecule has 7 nitrogen and oxygen atoms in total. The molecule has 1 N–H and O–H groups in total. The molecule has 0 unspecified atom stereocenters. The number of carbonyl (C=O) groups excluding carboxylic acids is 2. The van der Waals surface area contributed by atoms with Crippen LogP contribution >= 0.6 is 15.9 Å². The first kappa shape index (κ1) is 26.5. The van der Waals surface area contributed by atoms with E-state index in [4.69, 9.17) is 13.9 Å². The number of aromatic nitrogens is 1. The lowest BCUT2D eigenvalue weighted by atomic mass is 10.0. The molecule has 1 heterocycles. The summed E-state index contributed by atoms with van der Waals surface area (Å²) < 4.78 is 17.9. The minimum Gasteiger partial charge on any atom is -0.456 e. The predicted molar refractivity (Wildman–Crippen MR) is 136 cm³/mol. The molecule has 0 saturated heterocycles. The molecule has 0 aliphatic carbocycles. The van der Waals surface area contributed by atoms with Crippen LogP contribution in [0.25, 0.3) is 0 Å². The van der Waals surface area contributed by atoms with Crippen LogP contribution in [0.3, 0.4) is 0 Å². The molecule has 1 amide bonds. The van der Waals surface area contributed by atoms with Crippen LogP contribution in [0, 0.1) is 5.92 Å². The summed E-state index contributed by atoms with van der Waals surface area (Å²) in [6, 6.07) is 16.5. The number of carbonyl (C=O) groups is 2. The molecule has 1 aromatic heterocycles. The van der Waals surface area contributed by atoms with Crippen LogP contribution in [-0.2, 0) is 22.5 Å². The van der Waals surface area contributed by atoms with Gasteiger partial charge in [-0.2, -0.15) is 0 Å². The number of rotatable bonds is 8. The van der Waals surface area contributed by atoms with Crippen molar-refractivity contribution in [1.82, 2.24) is 10.3 Å². The molecule has 0 bridgehead atoms. The van der Waals surface area contributed by atoms with Gasteiger partial charge in [0.15, 0.2) is 5.69 Å². The predicted octanol–water partition coefficient (Wildman–Crippen LogP) is 6.61. The minimum atomic E-state index is -0.652. The molecule has 0 radical (unpaired) electrons. The van der Waals surface area contributed by atoms with E-state index < -0.39 is 23.7 Å². The van der Waals surface area contributed by atoms with E-state index in [9.17, 15) is 9.59 Å². The van der Waals surface area contributed by atoms with Crippen molar-refractivity contribution in [3.8, 4) is 0 Å². The van der Waals surface area contributed by atoms with Crippen LogP contribution in [-0.4, -0.2) is 22.6 Å². The minimum absolute atomic E-state index is 0.0759. The molecule has 8 heteroatoms. The summed E-state index contributed by atoms with van der Waals surface area (Å²) in [5, 5.41) is 2.82. The molecule has 0 aliphatic heterocycles. The van der Waals surface area contributed by atoms with Crippen LogP contribution < -0.4 is 5.32 Å². The number of benzene rings is 2. The third kappa shape index (κ3) is 7.96. The molecule has 35 heavy (non-hydrogen) atoms. The first-order valence-electron chi connectivity index (χ1n) is 11.5. The van der Waals surface area contributed by atoms with E-state index in [1.807, 2.05) is 68.4 Å². The van der Waals surface area contributed by atoms with Gasteiger partial charge in [0.2, 0.25) is 5.89 Å². The quantitative estimate of drug-likeness (QED) is 0.322. The van der Waals surface area contributed by atoms with Crippen LogP contribution in [0.15, 0.2) is 63.5 Å². The molecule has 0 spiro atoms. The Balaban J connectivity index is 1.90. The number of nitrogens with one attached hydrogen (secondary N) is 1. The van der Waals surface area contributed by atoms with Gasteiger partial charge in [0, 0.05) is 10.9 Å². The average molecular weight is 543 g/mol. The van der Waals surface area contributed by atoms with E-state index in [-0.39, 0.29) is 24.1 Å². The van der Waals surface area contributed by atoms with Crippen molar-refractivity contribution in [1.29, 1.82) is 0 Å². The van der Waals surface area contributed by atoms with Crippen LogP contribution in [0.2, 0.25) is 0 Å². The summed E-state index contributed by atoms with van der Waals surface area (Å²) in [6.45, 7) is 9.33. The monoisotopic (exact) mass is 542 g/mol. The van der Waals surface area contributed by atoms with Gasteiger partial charge < -0.3 is 19.2 Å². The highest BCUT2D eigenvalue weighted by molar-refractivity contribution is 9.10. The largest absolute Gasteiger partial charge is 0.456 e. The Morgan fingerprint density at radius 2 is 1.74 bits per heavy atom. The average Bonchev–Trinajstić information content (AvgIpc) is 3.18. The SMILES string of the molecule is CC(C)[C@H](NC(=O)OC(C)(C)C)c1nc(C(=O)OCc2ccccc2)c(Cc2cccc(Br)c2)o1. The van der Waals surface area contributed by atoms with Crippen LogP contribution in [0.4, 0.5) is 4.79 Å². The van der Waals surface area contributed by atoms with Gasteiger partial charge in [0.05, 0.1) is 0 Å². The highest BCUT2D eigenvalue weighted by Gasteiger charge is 2.30. The summed E-state index contributed by atoms with van der Waals surface area (Å²) in [4.78, 5) is 30.0. The Labute approximate surface area is 214 Å². The zero-order valence-electron chi connectivity index (χ0n) is 20.6. The Kier molecular flexibility index (Phi) is 8.72. The topological polar surface area (TPSA) is 90.7 Å². The summed E-state index contributed by atoms with van der Waals surface area (Å²) in [6.07, 6.45) is -0.254. The molecule has 186 valence electrons. The van der Waals surface area contributed by atoms with E-state index in [0.29, 0.717) is 12.2 Å². The van der Waals surface area contributed by atoms with Gasteiger partial charge in [-0.15, -0.1) is 0 Å². The second-order valence-electron chi connectivity index (χ2n) is 9.56. The van der Waals surface area contributed by atoms with E-state index in [0.717, 1.165) is 15.6 Å². The number of nitrogens with zero attached hydrogens (tertiary/aromatic N) is 1. The first-order chi connectivity index (χ1) is 16.5. The molecular weight excluding hydrogens is 512 g/mol. The van der Waals surface area contributed by atoms with Crippen LogP contribution in [0.1, 0.15) is 73.9 Å². The summed E-state index contributed by atoms with van der Waals surface area (Å²) >= 11 is 3.47. The third-order valence-electron chi connectivity index (χ3n) is 4.98. The van der Waals surface area contributed by atoms with Crippen molar-refractivity contribution in [3.05, 3.63) is 87.5 Å². The fourth-order valence-electron chi connectivity index (χ4n) is 3.35. The van der Waals surface area contributed by atoms with E-state index >= 15 is 0 Å². The molecule has 1 atom stereocenters. The molecule has 2 aromatic carbocycles. The smallest absolute Gasteiger partial charge is 0.408 e. The number of alkyl carbamates (subject to hydrolysis) is 1. The lowest BCUT2D eigenvalue weighted by Crippen LogP contribution is -2.37. The third-order valence-corrected chi connectivity index (χ3v) is 5.47. The number of hydrogen-bond acceptors (Lipinski definition) is 6. The van der Waals surface area contributed by atoms with Gasteiger partial charge in [-0.1, -0.05) is 72.2 Å². The molecule has 3 rings (SSSR count). The summed E-state index contributed by atoms with van der Waals surface area (Å²) in [5.74, 6) is -0.0722. The first-order valence-corrected chi connectivity index (χ1v) is 12.3. The number of halogens is 1. The Morgan fingerprint density at radius 3 is 2.37 bits per heavy atom. The number of ether oxygens (including phenoxy) is 2. The van der Waals surface area contributed by atoms with Gasteiger partial charge in [-0.05, 0) is 49.9 Å². The van der Waals surface area contributed by atoms with Gasteiger partial charge in [-0.25, -0.2) is 14.6 Å². The van der Waals surface area contributed by atoms with Crippen molar-refractivity contribution in [2.24, 2.45) is 5.92 Å². The zero-order valence-corrected chi connectivity index (χ0v) is 22.2. The molecule has 0 aliphatic rings. The van der Waals surface area contributed by atoms with Crippen molar-refractivity contribution < 1.29 is 23.5 Å². The zero-order chi connectivity index (χ0) is 25.6. The van der Waals surface area contributed by atoms with Gasteiger partial charge in [0.1, 0.15) is 24.0 Å². The lowest BCUT2D eigenvalue weighted by Gasteiger charge is -2.24. The van der Waals surface area contributed by atoms with Gasteiger partial charge in [0.25, 0.3) is 0 Å². The van der Waals surface area contributed by atoms with E-state index in [2.05, 4.69) is 26.2 Å². The molecule has 3 aromatic rings. The number of oxazole rings is 1. The van der Waals surface area contributed by atoms with Gasteiger partial charge >= 0.3 is 12.1 Å². The maximum Gasteiger partial charge on any atom is 0.408 e. The lowest BCUT2D eigenvalue weighted by molar-refractivity contribution is 0.0461. The molecular formula is C27H31BrN2O5. The van der Waals surface area contributed by atoms with E-state index in [1.54, 1.807) is 20.8 Å². The maximum atomic E-state index is 13.0. The number of hydrogen-bond donors (Lipinski definition) is 1. The van der Waals surface area contributed by atoms with Crippen molar-refractivity contribution in [2.75, 3.05) is 0 Å². The van der Waals surface area contributed by atoms with Crippen molar-refractivity contribution >= 4 is 28.0 Å². The summed E-state index contributed by atoms with van der Waals surface area (Å²) in [5.41, 5.74) is 1.23. The normalized spacial score (nSPS) is 12.3. The van der Waals surface area contributed by atoms with Crippen LogP contribution in [0.5, 0.6) is 0 Å². The highest BCUT2D eigenvalue weighted by Crippen LogP contribution is 2.27. The fraction of sp³-hybridized carbons (Fsp3) is 0.370. The second kappa shape index (κ2) is 11.5.